The number of hydrogen-bond acceptors (Lipinski definition) is 7. The summed E-state index contributed by atoms with van der Waals surface area (Å²) in [6.07, 6.45) is 1.30. The second-order valence-electron chi connectivity index (χ2n) is 6.20. The van der Waals surface area contributed by atoms with E-state index in [2.05, 4.69) is 25.9 Å². The summed E-state index contributed by atoms with van der Waals surface area (Å²) < 4.78 is 10.6. The number of benzene rings is 2. The summed E-state index contributed by atoms with van der Waals surface area (Å²) >= 11 is 0. The van der Waals surface area contributed by atoms with E-state index in [0.29, 0.717) is 34.4 Å². The van der Waals surface area contributed by atoms with E-state index in [1.165, 1.54) is 19.3 Å². The highest BCUT2D eigenvalue weighted by atomic mass is 16.7. The zero-order valence-electron chi connectivity index (χ0n) is 15.4. The Bertz CT molecular complexity index is 1090. The maximum absolute atomic E-state index is 12.5. The van der Waals surface area contributed by atoms with Crippen molar-refractivity contribution in [3.8, 4) is 11.5 Å². The van der Waals surface area contributed by atoms with Crippen LogP contribution in [0.1, 0.15) is 17.4 Å². The number of fused-ring (bicyclic) bond motifs is 1. The first kappa shape index (κ1) is 18.2. The van der Waals surface area contributed by atoms with E-state index in [1.54, 1.807) is 36.4 Å². The molecule has 0 unspecified atom stereocenters. The minimum Gasteiger partial charge on any atom is -0.454 e. The Morgan fingerprint density at radius 3 is 2.55 bits per heavy atom. The van der Waals surface area contributed by atoms with Crippen LogP contribution in [0.25, 0.3) is 0 Å². The number of hydrogen-bond donors (Lipinski definition) is 3. The van der Waals surface area contributed by atoms with Crippen LogP contribution in [0.2, 0.25) is 0 Å². The molecule has 2 amide bonds. The maximum Gasteiger partial charge on any atom is 0.274 e. The van der Waals surface area contributed by atoms with Gasteiger partial charge in [-0.25, -0.2) is 9.97 Å². The maximum atomic E-state index is 12.5. The molecule has 2 aromatic carbocycles. The first-order valence-corrected chi connectivity index (χ1v) is 8.74. The minimum absolute atomic E-state index is 0.160. The highest BCUT2D eigenvalue weighted by molar-refractivity contribution is 6.03. The standard InChI is InChI=1S/C20H17N5O4/c1-12(26)23-13-3-2-4-14(7-13)24-19-9-16(21-10-22-19)20(27)25-15-5-6-17-18(8-15)29-11-28-17/h2-10H,11H2,1H3,(H,23,26)(H,25,27)(H,21,22,24). The van der Waals surface area contributed by atoms with Gasteiger partial charge in [0.2, 0.25) is 12.7 Å². The number of carbonyl (C=O) groups is 2. The molecule has 9 nitrogen and oxygen atoms in total. The summed E-state index contributed by atoms with van der Waals surface area (Å²) in [7, 11) is 0. The number of anilines is 4. The van der Waals surface area contributed by atoms with Gasteiger partial charge in [0.1, 0.15) is 17.8 Å². The second kappa shape index (κ2) is 7.85. The van der Waals surface area contributed by atoms with Crippen LogP contribution < -0.4 is 25.4 Å². The van der Waals surface area contributed by atoms with E-state index in [0.717, 1.165) is 0 Å². The quantitative estimate of drug-likeness (QED) is 0.612. The molecule has 1 aromatic heterocycles. The molecule has 0 radical (unpaired) electrons. The fraction of sp³-hybridized carbons (Fsp3) is 0.100. The second-order valence-corrected chi connectivity index (χ2v) is 6.20. The lowest BCUT2D eigenvalue weighted by atomic mass is 10.2. The Hall–Kier alpha value is -4.14. The van der Waals surface area contributed by atoms with Gasteiger partial charge in [0, 0.05) is 36.1 Å². The third-order valence-corrected chi connectivity index (χ3v) is 3.99. The molecule has 0 saturated carbocycles. The van der Waals surface area contributed by atoms with Crippen molar-refractivity contribution in [2.75, 3.05) is 22.7 Å². The van der Waals surface area contributed by atoms with E-state index < -0.39 is 0 Å². The van der Waals surface area contributed by atoms with Gasteiger partial charge in [0.15, 0.2) is 11.5 Å². The number of carbonyl (C=O) groups excluding carboxylic acids is 2. The number of aromatic nitrogens is 2. The summed E-state index contributed by atoms with van der Waals surface area (Å²) in [6.45, 7) is 1.60. The zero-order valence-corrected chi connectivity index (χ0v) is 15.4. The molecule has 0 aliphatic carbocycles. The van der Waals surface area contributed by atoms with Crippen LogP contribution in [0.15, 0.2) is 54.9 Å². The molecule has 1 aliphatic heterocycles. The lowest BCUT2D eigenvalue weighted by Crippen LogP contribution is -2.14. The van der Waals surface area contributed by atoms with Gasteiger partial charge in [-0.05, 0) is 30.3 Å². The fourth-order valence-electron chi connectivity index (χ4n) is 2.75. The van der Waals surface area contributed by atoms with Crippen molar-refractivity contribution in [2.45, 2.75) is 6.92 Å². The van der Waals surface area contributed by atoms with Gasteiger partial charge < -0.3 is 25.4 Å². The van der Waals surface area contributed by atoms with E-state index in [-0.39, 0.29) is 24.3 Å². The van der Waals surface area contributed by atoms with Crippen LogP contribution in [0, 0.1) is 0 Å². The minimum atomic E-state index is -0.388. The van der Waals surface area contributed by atoms with Crippen molar-refractivity contribution in [3.05, 3.63) is 60.6 Å². The molecule has 2 heterocycles. The first-order chi connectivity index (χ1) is 14.1. The molecule has 4 rings (SSSR count). The third kappa shape index (κ3) is 4.41. The largest absolute Gasteiger partial charge is 0.454 e. The summed E-state index contributed by atoms with van der Waals surface area (Å²) in [6, 6.07) is 13.8. The van der Waals surface area contributed by atoms with Crippen LogP contribution in [0.5, 0.6) is 11.5 Å². The fourth-order valence-corrected chi connectivity index (χ4v) is 2.75. The predicted molar refractivity (Wildman–Crippen MR) is 107 cm³/mol. The number of nitrogens with one attached hydrogen (secondary N) is 3. The van der Waals surface area contributed by atoms with Gasteiger partial charge in [0.05, 0.1) is 0 Å². The Morgan fingerprint density at radius 1 is 0.897 bits per heavy atom. The lowest BCUT2D eigenvalue weighted by Gasteiger charge is -2.09. The van der Waals surface area contributed by atoms with Crippen molar-refractivity contribution >= 4 is 34.7 Å². The third-order valence-electron chi connectivity index (χ3n) is 3.99. The van der Waals surface area contributed by atoms with Gasteiger partial charge >= 0.3 is 0 Å². The molecular formula is C20H17N5O4. The zero-order chi connectivity index (χ0) is 20.2. The molecule has 9 heteroatoms. The Labute approximate surface area is 166 Å². The van der Waals surface area contributed by atoms with Gasteiger partial charge in [-0.15, -0.1) is 0 Å². The number of rotatable bonds is 5. The molecule has 3 aromatic rings. The van der Waals surface area contributed by atoms with E-state index in [1.807, 2.05) is 6.07 Å². The van der Waals surface area contributed by atoms with Crippen molar-refractivity contribution in [3.63, 3.8) is 0 Å². The summed E-state index contributed by atoms with van der Waals surface area (Å²) in [4.78, 5) is 31.9. The molecule has 1 aliphatic rings. The smallest absolute Gasteiger partial charge is 0.274 e. The molecule has 0 saturated heterocycles. The van der Waals surface area contributed by atoms with Crippen molar-refractivity contribution < 1.29 is 19.1 Å². The van der Waals surface area contributed by atoms with Crippen molar-refractivity contribution in [1.82, 2.24) is 9.97 Å². The molecule has 3 N–H and O–H groups in total. The van der Waals surface area contributed by atoms with Gasteiger partial charge in [-0.3, -0.25) is 9.59 Å². The first-order valence-electron chi connectivity index (χ1n) is 8.74. The van der Waals surface area contributed by atoms with Gasteiger partial charge in [-0.2, -0.15) is 0 Å². The average molecular weight is 391 g/mol. The predicted octanol–water partition coefficient (Wildman–Crippen LogP) is 3.16. The number of ether oxygens (including phenoxy) is 2. The Balaban J connectivity index is 1.47. The average Bonchev–Trinajstić information content (AvgIpc) is 3.16. The summed E-state index contributed by atoms with van der Waals surface area (Å²) in [5.74, 6) is 1.11. The highest BCUT2D eigenvalue weighted by Crippen LogP contribution is 2.34. The topological polar surface area (TPSA) is 114 Å². The SMILES string of the molecule is CC(=O)Nc1cccc(Nc2cc(C(=O)Nc3ccc4c(c3)OCO4)ncn2)c1. The Kier molecular flexibility index (Phi) is 4.93. The van der Waals surface area contributed by atoms with Crippen LogP contribution in [0.3, 0.4) is 0 Å². The van der Waals surface area contributed by atoms with Crippen molar-refractivity contribution in [1.29, 1.82) is 0 Å². The van der Waals surface area contributed by atoms with Crippen LogP contribution >= 0.6 is 0 Å². The van der Waals surface area contributed by atoms with Gasteiger partial charge in [0.25, 0.3) is 5.91 Å². The summed E-state index contributed by atoms with van der Waals surface area (Å²) in [5.41, 5.74) is 2.11. The van der Waals surface area contributed by atoms with E-state index in [4.69, 9.17) is 9.47 Å². The molecule has 0 spiro atoms. The number of amides is 2. The monoisotopic (exact) mass is 391 g/mol. The number of nitrogens with zero attached hydrogens (tertiary/aromatic N) is 2. The summed E-state index contributed by atoms with van der Waals surface area (Å²) in [5, 5.41) is 8.57. The van der Waals surface area contributed by atoms with Crippen molar-refractivity contribution in [2.24, 2.45) is 0 Å². The molecule has 0 atom stereocenters. The van der Waals surface area contributed by atoms with Crippen LogP contribution in [-0.2, 0) is 4.79 Å². The van der Waals surface area contributed by atoms with Gasteiger partial charge in [-0.1, -0.05) is 6.07 Å². The molecule has 0 bridgehead atoms. The Morgan fingerprint density at radius 2 is 1.69 bits per heavy atom. The molecule has 146 valence electrons. The highest BCUT2D eigenvalue weighted by Gasteiger charge is 2.15. The van der Waals surface area contributed by atoms with E-state index >= 15 is 0 Å². The lowest BCUT2D eigenvalue weighted by molar-refractivity contribution is -0.114. The molecular weight excluding hydrogens is 374 g/mol. The van der Waals surface area contributed by atoms with Crippen LogP contribution in [-0.4, -0.2) is 28.6 Å². The molecule has 29 heavy (non-hydrogen) atoms. The molecule has 0 fully saturated rings. The van der Waals surface area contributed by atoms with Crippen LogP contribution in [0.4, 0.5) is 22.9 Å². The normalized spacial score (nSPS) is 11.6. The van der Waals surface area contributed by atoms with E-state index in [9.17, 15) is 9.59 Å².